The van der Waals surface area contributed by atoms with Crippen LogP contribution in [0.1, 0.15) is 48.9 Å². The van der Waals surface area contributed by atoms with Crippen molar-refractivity contribution in [3.8, 4) is 5.75 Å². The molecule has 1 aliphatic carbocycles. The quantitative estimate of drug-likeness (QED) is 0.599. The number of nitrogens with one attached hydrogen (secondary N) is 1. The van der Waals surface area contributed by atoms with Crippen LogP contribution in [-0.2, 0) is 4.74 Å². The lowest BCUT2D eigenvalue weighted by Crippen LogP contribution is -2.36. The highest BCUT2D eigenvalue weighted by Gasteiger charge is 2.32. The lowest BCUT2D eigenvalue weighted by molar-refractivity contribution is -0.0292. The summed E-state index contributed by atoms with van der Waals surface area (Å²) < 4.78 is 11.2. The van der Waals surface area contributed by atoms with E-state index in [1.807, 2.05) is 0 Å². The van der Waals surface area contributed by atoms with E-state index in [0.717, 1.165) is 37.2 Å². The molecule has 4 heteroatoms. The zero-order chi connectivity index (χ0) is 15.4. The van der Waals surface area contributed by atoms with Crippen LogP contribution in [0.2, 0.25) is 0 Å². The van der Waals surface area contributed by atoms with Gasteiger partial charge in [0.25, 0.3) is 0 Å². The molecule has 0 radical (unpaired) electrons. The lowest BCUT2D eigenvalue weighted by Gasteiger charge is -2.37. The predicted molar refractivity (Wildman–Crippen MR) is 85.3 cm³/mol. The monoisotopic (exact) mass is 292 g/mol. The molecule has 0 bridgehead atoms. The summed E-state index contributed by atoms with van der Waals surface area (Å²) in [5, 5.41) is 0. The SMILES string of the molecule is CCOC1CC(CC(NN)c2ccc(C)c(C)c2OC)C1. The Bertz CT molecular complexity index is 470. The Morgan fingerprint density at radius 2 is 2.05 bits per heavy atom. The molecule has 2 rings (SSSR count). The second-order valence-corrected chi connectivity index (χ2v) is 6.00. The normalized spacial score (nSPS) is 22.7. The largest absolute Gasteiger partial charge is 0.496 e. The minimum absolute atomic E-state index is 0.131. The Morgan fingerprint density at radius 1 is 1.33 bits per heavy atom. The molecule has 0 aromatic heterocycles. The predicted octanol–water partition coefficient (Wildman–Crippen LogP) is 3.02. The van der Waals surface area contributed by atoms with Crippen molar-refractivity contribution in [1.82, 2.24) is 5.43 Å². The van der Waals surface area contributed by atoms with E-state index in [0.29, 0.717) is 12.0 Å². The van der Waals surface area contributed by atoms with Gasteiger partial charge >= 0.3 is 0 Å². The van der Waals surface area contributed by atoms with Crippen molar-refractivity contribution in [3.05, 3.63) is 28.8 Å². The fraction of sp³-hybridized carbons (Fsp3) is 0.647. The van der Waals surface area contributed by atoms with Crippen molar-refractivity contribution in [2.24, 2.45) is 11.8 Å². The van der Waals surface area contributed by atoms with Crippen molar-refractivity contribution in [3.63, 3.8) is 0 Å². The number of aryl methyl sites for hydroxylation is 1. The van der Waals surface area contributed by atoms with Gasteiger partial charge in [0.2, 0.25) is 0 Å². The lowest BCUT2D eigenvalue weighted by atomic mass is 9.77. The molecule has 1 fully saturated rings. The van der Waals surface area contributed by atoms with E-state index in [1.54, 1.807) is 7.11 Å². The van der Waals surface area contributed by atoms with E-state index >= 15 is 0 Å². The Kier molecular flexibility index (Phi) is 5.62. The first-order valence-electron chi connectivity index (χ1n) is 7.82. The van der Waals surface area contributed by atoms with Crippen LogP contribution in [-0.4, -0.2) is 19.8 Å². The maximum absolute atomic E-state index is 5.80. The maximum Gasteiger partial charge on any atom is 0.126 e. The molecule has 0 aliphatic heterocycles. The summed E-state index contributed by atoms with van der Waals surface area (Å²) in [6.45, 7) is 7.06. The number of hydrogen-bond acceptors (Lipinski definition) is 4. The number of benzene rings is 1. The Morgan fingerprint density at radius 3 is 2.62 bits per heavy atom. The van der Waals surface area contributed by atoms with Crippen LogP contribution >= 0.6 is 0 Å². The standard InChI is InChI=1S/C17H28N2O2/c1-5-21-14-8-13(9-14)10-16(19-18)15-7-6-11(2)12(3)17(15)20-4/h6-7,13-14,16,19H,5,8-10,18H2,1-4H3. The summed E-state index contributed by atoms with van der Waals surface area (Å²) in [7, 11) is 1.73. The van der Waals surface area contributed by atoms with Crippen LogP contribution < -0.4 is 16.0 Å². The van der Waals surface area contributed by atoms with E-state index < -0.39 is 0 Å². The summed E-state index contributed by atoms with van der Waals surface area (Å²) in [6, 6.07) is 4.40. The van der Waals surface area contributed by atoms with Gasteiger partial charge < -0.3 is 9.47 Å². The van der Waals surface area contributed by atoms with E-state index in [1.165, 1.54) is 11.1 Å². The van der Waals surface area contributed by atoms with Crippen LogP contribution in [0.4, 0.5) is 0 Å². The van der Waals surface area contributed by atoms with Gasteiger partial charge in [-0.05, 0) is 57.1 Å². The molecule has 0 spiro atoms. The van der Waals surface area contributed by atoms with Crippen LogP contribution in [0, 0.1) is 19.8 Å². The number of hydrazine groups is 1. The summed E-state index contributed by atoms with van der Waals surface area (Å²) in [4.78, 5) is 0. The molecule has 1 saturated carbocycles. The number of ether oxygens (including phenoxy) is 2. The molecule has 1 atom stereocenters. The highest BCUT2D eigenvalue weighted by molar-refractivity contribution is 5.46. The first-order valence-corrected chi connectivity index (χ1v) is 7.82. The third-order valence-corrected chi connectivity index (χ3v) is 4.65. The van der Waals surface area contributed by atoms with E-state index in [4.69, 9.17) is 15.3 Å². The maximum atomic E-state index is 5.80. The Hall–Kier alpha value is -1.10. The third kappa shape index (κ3) is 3.57. The average Bonchev–Trinajstić information content (AvgIpc) is 2.44. The minimum atomic E-state index is 0.131. The van der Waals surface area contributed by atoms with Crippen LogP contribution in [0.3, 0.4) is 0 Å². The summed E-state index contributed by atoms with van der Waals surface area (Å²) in [5.41, 5.74) is 6.55. The van der Waals surface area contributed by atoms with Crippen LogP contribution in [0.15, 0.2) is 12.1 Å². The molecule has 0 amide bonds. The highest BCUT2D eigenvalue weighted by atomic mass is 16.5. The average molecular weight is 292 g/mol. The minimum Gasteiger partial charge on any atom is -0.496 e. The van der Waals surface area contributed by atoms with Crippen LogP contribution in [0.25, 0.3) is 0 Å². The van der Waals surface area contributed by atoms with Gasteiger partial charge in [-0.25, -0.2) is 0 Å². The second kappa shape index (κ2) is 7.25. The van der Waals surface area contributed by atoms with Gasteiger partial charge in [0, 0.05) is 18.2 Å². The van der Waals surface area contributed by atoms with Crippen molar-refractivity contribution in [2.75, 3.05) is 13.7 Å². The fourth-order valence-electron chi connectivity index (χ4n) is 3.21. The van der Waals surface area contributed by atoms with Crippen molar-refractivity contribution in [1.29, 1.82) is 0 Å². The molecule has 0 heterocycles. The van der Waals surface area contributed by atoms with Crippen molar-refractivity contribution in [2.45, 2.75) is 52.2 Å². The smallest absolute Gasteiger partial charge is 0.126 e. The zero-order valence-electron chi connectivity index (χ0n) is 13.6. The molecule has 1 unspecified atom stereocenters. The second-order valence-electron chi connectivity index (χ2n) is 6.00. The number of hydrogen-bond donors (Lipinski definition) is 2. The van der Waals surface area contributed by atoms with Gasteiger partial charge in [-0.2, -0.15) is 0 Å². The van der Waals surface area contributed by atoms with Gasteiger partial charge in [-0.3, -0.25) is 11.3 Å². The van der Waals surface area contributed by atoms with Gasteiger partial charge in [0.05, 0.1) is 13.2 Å². The molecule has 1 aliphatic rings. The summed E-state index contributed by atoms with van der Waals surface area (Å²) in [6.07, 6.45) is 3.75. The highest BCUT2D eigenvalue weighted by Crippen LogP contribution is 2.39. The number of nitrogens with two attached hydrogens (primary N) is 1. The van der Waals surface area contributed by atoms with Crippen molar-refractivity contribution >= 4 is 0 Å². The molecular weight excluding hydrogens is 264 g/mol. The van der Waals surface area contributed by atoms with Crippen molar-refractivity contribution < 1.29 is 9.47 Å². The Labute approximate surface area is 128 Å². The summed E-state index contributed by atoms with van der Waals surface area (Å²) in [5.74, 6) is 7.43. The number of methoxy groups -OCH3 is 1. The van der Waals surface area contributed by atoms with Gasteiger partial charge in [-0.1, -0.05) is 12.1 Å². The van der Waals surface area contributed by atoms with Gasteiger partial charge in [0.1, 0.15) is 5.75 Å². The van der Waals surface area contributed by atoms with Gasteiger partial charge in [-0.15, -0.1) is 0 Å². The van der Waals surface area contributed by atoms with Crippen LogP contribution in [0.5, 0.6) is 5.75 Å². The van der Waals surface area contributed by atoms with E-state index in [-0.39, 0.29) is 6.04 Å². The number of rotatable bonds is 7. The zero-order valence-corrected chi connectivity index (χ0v) is 13.6. The van der Waals surface area contributed by atoms with E-state index in [2.05, 4.69) is 38.3 Å². The molecule has 4 nitrogen and oxygen atoms in total. The molecule has 1 aromatic carbocycles. The molecule has 1 aromatic rings. The summed E-state index contributed by atoms with van der Waals surface area (Å²) >= 11 is 0. The fourth-order valence-corrected chi connectivity index (χ4v) is 3.21. The molecule has 3 N–H and O–H groups in total. The molecule has 21 heavy (non-hydrogen) atoms. The first-order chi connectivity index (χ1) is 10.1. The molecule has 118 valence electrons. The van der Waals surface area contributed by atoms with Gasteiger partial charge in [0.15, 0.2) is 0 Å². The topological polar surface area (TPSA) is 56.5 Å². The molecule has 0 saturated heterocycles. The third-order valence-electron chi connectivity index (χ3n) is 4.65. The Balaban J connectivity index is 2.06. The first kappa shape index (κ1) is 16.3. The molecular formula is C17H28N2O2. The van der Waals surface area contributed by atoms with E-state index in [9.17, 15) is 0 Å².